The van der Waals surface area contributed by atoms with Crippen LogP contribution in [0.5, 0.6) is 11.5 Å². The monoisotopic (exact) mass is 341 g/mol. The van der Waals surface area contributed by atoms with Gasteiger partial charge in [0.2, 0.25) is 0 Å². The first kappa shape index (κ1) is 17.7. The number of benzene rings is 1. The molecule has 0 saturated heterocycles. The molecule has 5 heteroatoms. The van der Waals surface area contributed by atoms with Crippen LogP contribution in [0.2, 0.25) is 0 Å². The summed E-state index contributed by atoms with van der Waals surface area (Å²) in [5.74, 6) is 2.47. The lowest BCUT2D eigenvalue weighted by Crippen LogP contribution is -2.31. The first-order valence-corrected chi connectivity index (χ1v) is 8.69. The predicted molar refractivity (Wildman–Crippen MR) is 98.1 cm³/mol. The second kappa shape index (κ2) is 7.00. The third-order valence-corrected chi connectivity index (χ3v) is 4.54. The van der Waals surface area contributed by atoms with Crippen LogP contribution < -0.4 is 9.47 Å². The molecule has 3 rings (SSSR count). The van der Waals surface area contributed by atoms with E-state index < -0.39 is 0 Å². The van der Waals surface area contributed by atoms with E-state index in [4.69, 9.17) is 14.5 Å². The average Bonchev–Trinajstić information content (AvgIpc) is 2.60. The Bertz CT molecular complexity index is 753. The van der Waals surface area contributed by atoms with E-state index in [2.05, 4.69) is 36.7 Å². The van der Waals surface area contributed by atoms with Crippen molar-refractivity contribution in [2.75, 3.05) is 20.8 Å². The van der Waals surface area contributed by atoms with Crippen LogP contribution in [0.25, 0.3) is 0 Å². The zero-order valence-electron chi connectivity index (χ0n) is 15.8. The standard InChI is InChI=1S/C20H27N3O2/c1-20(2,3)19-21-11-15-13-23(9-8-16(15)22-19)12-14-6-7-17(24-4)18(10-14)25-5/h6-7,10-11H,8-9,12-13H2,1-5H3. The first-order chi connectivity index (χ1) is 11.9. The fraction of sp³-hybridized carbons (Fsp3) is 0.500. The molecule has 1 aromatic carbocycles. The van der Waals surface area contributed by atoms with Gasteiger partial charge in [0.1, 0.15) is 5.82 Å². The molecule has 2 heterocycles. The van der Waals surface area contributed by atoms with E-state index in [-0.39, 0.29) is 5.41 Å². The number of nitrogens with zero attached hydrogens (tertiary/aromatic N) is 3. The summed E-state index contributed by atoms with van der Waals surface area (Å²) in [7, 11) is 3.33. The van der Waals surface area contributed by atoms with Crippen molar-refractivity contribution in [3.05, 3.63) is 47.0 Å². The van der Waals surface area contributed by atoms with E-state index in [0.29, 0.717) is 0 Å². The van der Waals surface area contributed by atoms with Crippen molar-refractivity contribution in [1.29, 1.82) is 0 Å². The highest BCUT2D eigenvalue weighted by Gasteiger charge is 2.23. The van der Waals surface area contributed by atoms with E-state index in [1.807, 2.05) is 18.3 Å². The molecule has 0 radical (unpaired) electrons. The summed E-state index contributed by atoms with van der Waals surface area (Å²) in [5, 5.41) is 0. The molecule has 0 spiro atoms. The number of ether oxygens (including phenoxy) is 2. The Hall–Kier alpha value is -2.14. The molecule has 0 fully saturated rings. The number of methoxy groups -OCH3 is 2. The molecule has 1 aliphatic heterocycles. The molecular formula is C20H27N3O2. The van der Waals surface area contributed by atoms with Gasteiger partial charge >= 0.3 is 0 Å². The molecule has 0 atom stereocenters. The van der Waals surface area contributed by atoms with Gasteiger partial charge in [0, 0.05) is 48.9 Å². The maximum atomic E-state index is 5.40. The first-order valence-electron chi connectivity index (χ1n) is 8.69. The predicted octanol–water partition coefficient (Wildman–Crippen LogP) is 3.35. The number of hydrogen-bond donors (Lipinski definition) is 0. The van der Waals surface area contributed by atoms with Gasteiger partial charge in [-0.1, -0.05) is 26.8 Å². The van der Waals surface area contributed by atoms with E-state index >= 15 is 0 Å². The van der Waals surface area contributed by atoms with E-state index in [1.165, 1.54) is 16.8 Å². The number of rotatable bonds is 4. The molecule has 0 N–H and O–H groups in total. The molecule has 25 heavy (non-hydrogen) atoms. The molecular weight excluding hydrogens is 314 g/mol. The van der Waals surface area contributed by atoms with Crippen molar-refractivity contribution in [3.63, 3.8) is 0 Å². The van der Waals surface area contributed by atoms with Crippen molar-refractivity contribution in [2.24, 2.45) is 0 Å². The number of hydrogen-bond acceptors (Lipinski definition) is 5. The summed E-state index contributed by atoms with van der Waals surface area (Å²) in [6, 6.07) is 6.11. The fourth-order valence-corrected chi connectivity index (χ4v) is 3.11. The zero-order chi connectivity index (χ0) is 18.0. The lowest BCUT2D eigenvalue weighted by atomic mass is 9.95. The van der Waals surface area contributed by atoms with E-state index in [0.717, 1.165) is 43.4 Å². The van der Waals surface area contributed by atoms with Gasteiger partial charge in [-0.05, 0) is 17.7 Å². The summed E-state index contributed by atoms with van der Waals surface area (Å²) >= 11 is 0. The number of aromatic nitrogens is 2. The normalized spacial score (nSPS) is 14.9. The molecule has 0 amide bonds. The molecule has 5 nitrogen and oxygen atoms in total. The Morgan fingerprint density at radius 1 is 1.12 bits per heavy atom. The van der Waals surface area contributed by atoms with Crippen LogP contribution >= 0.6 is 0 Å². The fourth-order valence-electron chi connectivity index (χ4n) is 3.11. The second-order valence-electron chi connectivity index (χ2n) is 7.57. The molecule has 0 bridgehead atoms. The van der Waals surface area contributed by atoms with Crippen molar-refractivity contribution >= 4 is 0 Å². The Balaban J connectivity index is 1.73. The van der Waals surface area contributed by atoms with Crippen LogP contribution in [-0.4, -0.2) is 35.6 Å². The lowest BCUT2D eigenvalue weighted by Gasteiger charge is -2.29. The third kappa shape index (κ3) is 3.93. The number of fused-ring (bicyclic) bond motifs is 1. The molecule has 0 aliphatic carbocycles. The van der Waals surface area contributed by atoms with E-state index in [9.17, 15) is 0 Å². The highest BCUT2D eigenvalue weighted by atomic mass is 16.5. The van der Waals surface area contributed by atoms with Crippen molar-refractivity contribution < 1.29 is 9.47 Å². The Labute approximate surface area is 150 Å². The highest BCUT2D eigenvalue weighted by molar-refractivity contribution is 5.42. The molecule has 2 aromatic rings. The minimum Gasteiger partial charge on any atom is -0.493 e. The SMILES string of the molecule is COc1ccc(CN2CCc3nc(C(C)(C)C)ncc3C2)cc1OC. The Morgan fingerprint density at radius 2 is 1.88 bits per heavy atom. The van der Waals surface area contributed by atoms with Crippen molar-refractivity contribution in [3.8, 4) is 11.5 Å². The van der Waals surface area contributed by atoms with Gasteiger partial charge in [-0.2, -0.15) is 0 Å². The molecule has 1 aliphatic rings. The van der Waals surface area contributed by atoms with Gasteiger partial charge in [-0.15, -0.1) is 0 Å². The molecule has 0 unspecified atom stereocenters. The summed E-state index contributed by atoms with van der Waals surface area (Å²) in [6.45, 7) is 9.22. The Kier molecular flexibility index (Phi) is 4.95. The second-order valence-corrected chi connectivity index (χ2v) is 7.57. The summed E-state index contributed by atoms with van der Waals surface area (Å²) < 4.78 is 10.7. The van der Waals surface area contributed by atoms with Gasteiger partial charge in [-0.3, -0.25) is 4.90 Å². The maximum absolute atomic E-state index is 5.40. The van der Waals surface area contributed by atoms with Gasteiger partial charge in [-0.25, -0.2) is 9.97 Å². The highest BCUT2D eigenvalue weighted by Crippen LogP contribution is 2.29. The van der Waals surface area contributed by atoms with Crippen LogP contribution in [0.3, 0.4) is 0 Å². The van der Waals surface area contributed by atoms with E-state index in [1.54, 1.807) is 14.2 Å². The molecule has 0 saturated carbocycles. The third-order valence-electron chi connectivity index (χ3n) is 4.54. The summed E-state index contributed by atoms with van der Waals surface area (Å²) in [5.41, 5.74) is 3.64. The largest absolute Gasteiger partial charge is 0.493 e. The lowest BCUT2D eigenvalue weighted by molar-refractivity contribution is 0.241. The Morgan fingerprint density at radius 3 is 2.56 bits per heavy atom. The van der Waals surface area contributed by atoms with Crippen LogP contribution in [0.15, 0.2) is 24.4 Å². The minimum atomic E-state index is -0.00812. The van der Waals surface area contributed by atoms with Gasteiger partial charge in [0.05, 0.1) is 14.2 Å². The molecule has 1 aromatic heterocycles. The van der Waals surface area contributed by atoms with Gasteiger partial charge in [0.25, 0.3) is 0 Å². The van der Waals surface area contributed by atoms with Crippen LogP contribution in [0, 0.1) is 0 Å². The van der Waals surface area contributed by atoms with Gasteiger partial charge in [0.15, 0.2) is 11.5 Å². The van der Waals surface area contributed by atoms with Gasteiger partial charge < -0.3 is 9.47 Å². The van der Waals surface area contributed by atoms with Crippen molar-refractivity contribution in [2.45, 2.75) is 45.7 Å². The topological polar surface area (TPSA) is 47.5 Å². The molecule has 134 valence electrons. The average molecular weight is 341 g/mol. The zero-order valence-corrected chi connectivity index (χ0v) is 15.8. The van der Waals surface area contributed by atoms with Crippen LogP contribution in [-0.2, 0) is 24.9 Å². The van der Waals surface area contributed by atoms with Crippen molar-refractivity contribution in [1.82, 2.24) is 14.9 Å². The van der Waals surface area contributed by atoms with Crippen LogP contribution in [0.1, 0.15) is 43.4 Å². The smallest absolute Gasteiger partial charge is 0.161 e. The quantitative estimate of drug-likeness (QED) is 0.853. The summed E-state index contributed by atoms with van der Waals surface area (Å²) in [6.07, 6.45) is 2.97. The summed E-state index contributed by atoms with van der Waals surface area (Å²) in [4.78, 5) is 11.8. The maximum Gasteiger partial charge on any atom is 0.161 e. The van der Waals surface area contributed by atoms with Crippen LogP contribution in [0.4, 0.5) is 0 Å². The minimum absolute atomic E-state index is 0.00812.